The summed E-state index contributed by atoms with van der Waals surface area (Å²) < 4.78 is 35.5. The van der Waals surface area contributed by atoms with Crippen LogP contribution in [0.25, 0.3) is 0 Å². The maximum absolute atomic E-state index is 14.1. The maximum atomic E-state index is 14.1. The van der Waals surface area contributed by atoms with Crippen molar-refractivity contribution in [3.63, 3.8) is 0 Å². The summed E-state index contributed by atoms with van der Waals surface area (Å²) in [7, 11) is 0. The normalized spacial score (nSPS) is 55.3. The molecular formula is C37H60O18. The first kappa shape index (κ1) is 42.0. The lowest BCUT2D eigenvalue weighted by atomic mass is 9.41. The van der Waals surface area contributed by atoms with Crippen molar-refractivity contribution in [2.24, 2.45) is 28.1 Å². The number of fused-ring (bicyclic) bond motifs is 3. The first-order valence-electron chi connectivity index (χ1n) is 19.8. The second-order valence-electron chi connectivity index (χ2n) is 17.9. The highest BCUT2D eigenvalue weighted by atomic mass is 16.8. The first-order valence-corrected chi connectivity index (χ1v) is 19.8. The van der Waals surface area contributed by atoms with Crippen LogP contribution >= 0.6 is 0 Å². The molecule has 2 bridgehead atoms. The van der Waals surface area contributed by atoms with Crippen LogP contribution in [0.5, 0.6) is 0 Å². The zero-order valence-electron chi connectivity index (χ0n) is 31.3. The van der Waals surface area contributed by atoms with Gasteiger partial charge in [-0.25, -0.2) is 0 Å². The molecule has 0 aromatic carbocycles. The van der Waals surface area contributed by atoms with Crippen molar-refractivity contribution in [2.75, 3.05) is 19.8 Å². The fraction of sp³-hybridized carbons (Fsp3) is 0.973. The van der Waals surface area contributed by atoms with Crippen LogP contribution in [0.4, 0.5) is 0 Å². The van der Waals surface area contributed by atoms with Gasteiger partial charge in [0.05, 0.1) is 30.8 Å². The van der Waals surface area contributed by atoms with Crippen LogP contribution in [0, 0.1) is 28.1 Å². The van der Waals surface area contributed by atoms with Crippen molar-refractivity contribution >= 4 is 5.97 Å². The molecule has 7 aliphatic rings. The molecule has 4 aliphatic carbocycles. The summed E-state index contributed by atoms with van der Waals surface area (Å²) in [5.41, 5.74) is -2.14. The summed E-state index contributed by atoms with van der Waals surface area (Å²) in [4.78, 5) is 14.1. The molecule has 4 saturated carbocycles. The van der Waals surface area contributed by atoms with Gasteiger partial charge in [0.25, 0.3) is 0 Å². The van der Waals surface area contributed by atoms with Gasteiger partial charge >= 0.3 is 5.97 Å². The SMILES string of the molecule is C[C@@]12CCC[C@@](C)(C(=O)O[C@@H]3O[C@H](CO)[C@H](O)[C@@H](O)[C@@H]3O)[C@@H]1CC[C@]13CC[C@](O[C@@H]4O[C@H](CO)[C@@H](O)[C@H](O)[C@@H]4O[C@@H]4O[C@H](CO)[C@H](O)[C@@H](O)[C@@H]4O)(CC[C@H]12)C3. The molecule has 55 heavy (non-hydrogen) atoms. The van der Waals surface area contributed by atoms with Crippen molar-refractivity contribution < 1.29 is 89.4 Å². The van der Waals surface area contributed by atoms with Crippen molar-refractivity contribution in [3.05, 3.63) is 0 Å². The van der Waals surface area contributed by atoms with Gasteiger partial charge in [0, 0.05) is 0 Å². The number of hydrogen-bond donors (Lipinski definition) is 11. The van der Waals surface area contributed by atoms with Crippen LogP contribution in [0.15, 0.2) is 0 Å². The van der Waals surface area contributed by atoms with E-state index < -0.39 is 129 Å². The van der Waals surface area contributed by atoms with Gasteiger partial charge in [-0.05, 0) is 87.4 Å². The monoisotopic (exact) mass is 792 g/mol. The predicted molar refractivity (Wildman–Crippen MR) is 182 cm³/mol. The van der Waals surface area contributed by atoms with E-state index in [1.54, 1.807) is 0 Å². The van der Waals surface area contributed by atoms with Crippen LogP contribution < -0.4 is 0 Å². The Morgan fingerprint density at radius 1 is 0.600 bits per heavy atom. The fourth-order valence-corrected chi connectivity index (χ4v) is 12.0. The number of esters is 1. The number of hydrogen-bond acceptors (Lipinski definition) is 18. The highest BCUT2D eigenvalue weighted by molar-refractivity contribution is 5.77. The Morgan fingerprint density at radius 3 is 1.76 bits per heavy atom. The quantitative estimate of drug-likeness (QED) is 0.0814. The Morgan fingerprint density at radius 2 is 1.15 bits per heavy atom. The summed E-state index contributed by atoms with van der Waals surface area (Å²) in [6, 6.07) is 0. The van der Waals surface area contributed by atoms with Gasteiger partial charge in [-0.3, -0.25) is 4.79 Å². The van der Waals surface area contributed by atoms with E-state index >= 15 is 0 Å². The minimum Gasteiger partial charge on any atom is -0.432 e. The molecule has 0 unspecified atom stereocenters. The molecule has 0 amide bonds. The van der Waals surface area contributed by atoms with E-state index in [2.05, 4.69) is 6.92 Å². The van der Waals surface area contributed by atoms with E-state index in [0.717, 1.165) is 32.1 Å². The summed E-state index contributed by atoms with van der Waals surface area (Å²) in [6.45, 7) is 2.15. The fourth-order valence-electron chi connectivity index (χ4n) is 12.0. The minimum absolute atomic E-state index is 0.0873. The first-order chi connectivity index (χ1) is 26.0. The van der Waals surface area contributed by atoms with Gasteiger partial charge in [-0.1, -0.05) is 13.3 Å². The molecule has 316 valence electrons. The van der Waals surface area contributed by atoms with E-state index in [0.29, 0.717) is 32.1 Å². The summed E-state index contributed by atoms with van der Waals surface area (Å²) in [5.74, 6) is -0.456. The minimum atomic E-state index is -1.78. The summed E-state index contributed by atoms with van der Waals surface area (Å²) >= 11 is 0. The summed E-state index contributed by atoms with van der Waals surface area (Å²) in [5, 5.41) is 114. The Labute approximate surface area is 318 Å². The van der Waals surface area contributed by atoms with Crippen LogP contribution in [0.2, 0.25) is 0 Å². The van der Waals surface area contributed by atoms with Crippen LogP contribution in [0.3, 0.4) is 0 Å². The van der Waals surface area contributed by atoms with Crippen LogP contribution in [-0.2, 0) is 33.2 Å². The lowest BCUT2D eigenvalue weighted by Crippen LogP contribution is -2.65. The second kappa shape index (κ2) is 15.5. The number of rotatable bonds is 9. The van der Waals surface area contributed by atoms with Crippen molar-refractivity contribution in [1.29, 1.82) is 0 Å². The average Bonchev–Trinajstić information content (AvgIpc) is 3.43. The second-order valence-corrected chi connectivity index (χ2v) is 17.9. The van der Waals surface area contributed by atoms with Gasteiger partial charge < -0.3 is 84.6 Å². The average molecular weight is 793 g/mol. The lowest BCUT2D eigenvalue weighted by Gasteiger charge is -2.64. The third kappa shape index (κ3) is 6.88. The highest BCUT2D eigenvalue weighted by Crippen LogP contribution is 2.73. The van der Waals surface area contributed by atoms with Gasteiger partial charge in [0.2, 0.25) is 6.29 Å². The zero-order chi connectivity index (χ0) is 39.8. The smallest absolute Gasteiger partial charge is 0.314 e. The third-order valence-corrected chi connectivity index (χ3v) is 15.0. The molecule has 18 heteroatoms. The topological polar surface area (TPSA) is 295 Å². The molecule has 21 atom stereocenters. The number of ether oxygens (including phenoxy) is 6. The highest BCUT2D eigenvalue weighted by Gasteiger charge is 2.68. The predicted octanol–water partition coefficient (Wildman–Crippen LogP) is -3.10. The van der Waals surface area contributed by atoms with Gasteiger partial charge in [-0.15, -0.1) is 0 Å². The molecule has 3 saturated heterocycles. The molecule has 7 rings (SSSR count). The van der Waals surface area contributed by atoms with E-state index in [1.807, 2.05) is 6.92 Å². The van der Waals surface area contributed by atoms with Crippen molar-refractivity contribution in [1.82, 2.24) is 0 Å². The molecule has 0 radical (unpaired) electrons. The molecule has 11 N–H and O–H groups in total. The van der Waals surface area contributed by atoms with Gasteiger partial charge in [0.15, 0.2) is 12.6 Å². The van der Waals surface area contributed by atoms with E-state index in [4.69, 9.17) is 28.4 Å². The Balaban J connectivity index is 1.08. The standard InChI is InChI=1S/C37H60O18/c1-34-6-3-7-35(2,33(49)54-31-28(48)25(45)22(42)17(13-39)51-31)19(34)4-8-36-10-11-37(15-36,9-5-20(34)36)55-32-29(26(46)23(43)18(14-40)52-32)53-30-27(47)24(44)21(41)16(12-38)50-30/h16-32,38-48H,3-15H2,1-2H3/t16-,17-,18-,19-,20+,21+,22+,23-,24-,25-,26+,27+,28+,29+,30+,31+,32+,34-,35-,36-,37-/m1/s1. The molecule has 18 nitrogen and oxygen atoms in total. The van der Waals surface area contributed by atoms with E-state index in [-0.39, 0.29) is 22.7 Å². The van der Waals surface area contributed by atoms with Gasteiger partial charge in [-0.2, -0.15) is 0 Å². The third-order valence-electron chi connectivity index (χ3n) is 15.0. The van der Waals surface area contributed by atoms with Crippen molar-refractivity contribution in [2.45, 2.75) is 176 Å². The van der Waals surface area contributed by atoms with Crippen molar-refractivity contribution in [3.8, 4) is 0 Å². The lowest BCUT2D eigenvalue weighted by molar-refractivity contribution is -0.380. The number of carbonyl (C=O) groups is 1. The van der Waals surface area contributed by atoms with E-state index in [9.17, 15) is 61.0 Å². The van der Waals surface area contributed by atoms with E-state index in [1.165, 1.54) is 0 Å². The summed E-state index contributed by atoms with van der Waals surface area (Å²) in [6.07, 6.45) is -16.1. The Kier molecular flexibility index (Phi) is 11.8. The molecule has 3 aliphatic heterocycles. The molecule has 0 aromatic heterocycles. The van der Waals surface area contributed by atoms with Crippen LogP contribution in [0.1, 0.15) is 78.1 Å². The zero-order valence-corrected chi connectivity index (χ0v) is 31.3. The number of aliphatic hydroxyl groups is 11. The maximum Gasteiger partial charge on any atom is 0.314 e. The molecule has 3 heterocycles. The Hall–Kier alpha value is -1.17. The number of carbonyl (C=O) groups excluding carboxylic acids is 1. The molecule has 7 fully saturated rings. The molecule has 1 spiro atoms. The molecule has 0 aromatic rings. The van der Waals surface area contributed by atoms with Gasteiger partial charge in [0.1, 0.15) is 73.2 Å². The molecular weight excluding hydrogens is 732 g/mol. The van der Waals surface area contributed by atoms with Crippen LogP contribution in [-0.4, -0.2) is 180 Å². The largest absolute Gasteiger partial charge is 0.432 e. The number of aliphatic hydroxyl groups excluding tert-OH is 11. The Bertz CT molecular complexity index is 1370.